The van der Waals surface area contributed by atoms with Gasteiger partial charge in [-0.2, -0.15) is 0 Å². The Balaban J connectivity index is 5.14. The summed E-state index contributed by atoms with van der Waals surface area (Å²) in [5.74, 6) is -2.15. The van der Waals surface area contributed by atoms with Crippen molar-refractivity contribution in [3.8, 4) is 0 Å². The first-order chi connectivity index (χ1) is 12.0. The van der Waals surface area contributed by atoms with Gasteiger partial charge in [0.1, 0.15) is 0 Å². The Kier molecular flexibility index (Phi) is 10.4. The molecule has 0 N–H and O–H groups in total. The second-order valence-corrected chi connectivity index (χ2v) is 7.27. The number of rotatable bonds is 12. The van der Waals surface area contributed by atoms with Crippen molar-refractivity contribution in [3.63, 3.8) is 0 Å². The van der Waals surface area contributed by atoms with E-state index in [1.807, 2.05) is 0 Å². The fraction of sp³-hybridized carbons (Fsp3) is 0.438. The number of ether oxygens (including phenoxy) is 3. The second-order valence-electron chi connectivity index (χ2n) is 4.84. The van der Waals surface area contributed by atoms with Crippen molar-refractivity contribution < 1.29 is 41.9 Å². The van der Waals surface area contributed by atoms with E-state index in [0.29, 0.717) is 0 Å². The normalized spacial score (nSPS) is 16.2. The molecule has 9 nitrogen and oxygen atoms in total. The highest BCUT2D eigenvalue weighted by atomic mass is 28.4. The number of hydrogen-bond donors (Lipinski definition) is 0. The van der Waals surface area contributed by atoms with E-state index < -0.39 is 45.6 Å². The van der Waals surface area contributed by atoms with Crippen molar-refractivity contribution in [3.05, 3.63) is 38.0 Å². The highest BCUT2D eigenvalue weighted by Gasteiger charge is 2.42. The number of carbonyl (C=O) groups is 3. The lowest BCUT2D eigenvalue weighted by atomic mass is 10.6. The van der Waals surface area contributed by atoms with Crippen LogP contribution in [0.15, 0.2) is 38.0 Å². The van der Waals surface area contributed by atoms with Gasteiger partial charge in [0.25, 0.3) is 0 Å². The van der Waals surface area contributed by atoms with E-state index in [0.717, 1.165) is 18.2 Å². The standard InChI is InChI=1S/C16H24O9Si/c1-8-14(17)20-11(4)23-26(7,24-12(5)21-15(18)9-2)25-13(6)22-16(19)10-3/h8-13H,1-3H2,4-7H3. The number of esters is 3. The van der Waals surface area contributed by atoms with Crippen LogP contribution in [0.2, 0.25) is 6.55 Å². The molecule has 0 heterocycles. The summed E-state index contributed by atoms with van der Waals surface area (Å²) >= 11 is 0. The highest BCUT2D eigenvalue weighted by Crippen LogP contribution is 2.19. The number of hydrogen-bond acceptors (Lipinski definition) is 9. The fourth-order valence-electron chi connectivity index (χ4n) is 1.69. The predicted molar refractivity (Wildman–Crippen MR) is 92.1 cm³/mol. The maximum absolute atomic E-state index is 11.3. The van der Waals surface area contributed by atoms with Crippen molar-refractivity contribution in [2.75, 3.05) is 0 Å². The van der Waals surface area contributed by atoms with Crippen LogP contribution < -0.4 is 0 Å². The van der Waals surface area contributed by atoms with E-state index in [1.165, 1.54) is 27.3 Å². The summed E-state index contributed by atoms with van der Waals surface area (Å²) in [5.41, 5.74) is 0. The molecule has 0 rings (SSSR count). The molecule has 0 saturated carbocycles. The Hall–Kier alpha value is -2.27. The van der Waals surface area contributed by atoms with E-state index >= 15 is 0 Å². The lowest BCUT2D eigenvalue weighted by Gasteiger charge is -2.32. The molecule has 0 fully saturated rings. The van der Waals surface area contributed by atoms with Gasteiger partial charge in [0, 0.05) is 24.8 Å². The first kappa shape index (κ1) is 23.7. The van der Waals surface area contributed by atoms with Gasteiger partial charge in [0.05, 0.1) is 0 Å². The molecular formula is C16H24O9Si. The van der Waals surface area contributed by atoms with Crippen molar-refractivity contribution in [2.45, 2.75) is 46.2 Å². The second kappa shape index (κ2) is 11.4. The molecule has 0 aliphatic heterocycles. The quantitative estimate of drug-likeness (QED) is 0.163. The van der Waals surface area contributed by atoms with Crippen LogP contribution >= 0.6 is 0 Å². The van der Waals surface area contributed by atoms with Crippen LogP contribution in [0.4, 0.5) is 0 Å². The Labute approximate surface area is 153 Å². The van der Waals surface area contributed by atoms with E-state index in [2.05, 4.69) is 19.7 Å². The average Bonchev–Trinajstić information content (AvgIpc) is 2.52. The third kappa shape index (κ3) is 9.89. The third-order valence-corrected chi connectivity index (χ3v) is 4.77. The lowest BCUT2D eigenvalue weighted by Crippen LogP contribution is -2.50. The van der Waals surface area contributed by atoms with Gasteiger partial charge < -0.3 is 27.5 Å². The zero-order valence-corrected chi connectivity index (χ0v) is 16.3. The molecule has 0 aromatic carbocycles. The molecule has 0 radical (unpaired) electrons. The third-order valence-electron chi connectivity index (χ3n) is 2.49. The van der Waals surface area contributed by atoms with E-state index in [1.54, 1.807) is 0 Å². The molecular weight excluding hydrogens is 364 g/mol. The minimum Gasteiger partial charge on any atom is -0.434 e. The van der Waals surface area contributed by atoms with Crippen LogP contribution in [0.5, 0.6) is 0 Å². The van der Waals surface area contributed by atoms with Gasteiger partial charge in [-0.1, -0.05) is 19.7 Å². The Bertz CT molecular complexity index is 472. The molecule has 3 atom stereocenters. The van der Waals surface area contributed by atoms with Crippen LogP contribution in [0.25, 0.3) is 0 Å². The van der Waals surface area contributed by atoms with Gasteiger partial charge in [-0.15, -0.1) is 0 Å². The highest BCUT2D eigenvalue weighted by molar-refractivity contribution is 6.59. The first-order valence-corrected chi connectivity index (χ1v) is 9.80. The smallest absolute Gasteiger partial charge is 0.434 e. The maximum Gasteiger partial charge on any atom is 0.505 e. The molecule has 0 saturated heterocycles. The molecule has 3 unspecified atom stereocenters. The average molecular weight is 388 g/mol. The van der Waals surface area contributed by atoms with Gasteiger partial charge in [-0.05, 0) is 20.8 Å². The van der Waals surface area contributed by atoms with Gasteiger partial charge in [0.2, 0.25) is 0 Å². The summed E-state index contributed by atoms with van der Waals surface area (Å²) in [4.78, 5) is 33.8. The lowest BCUT2D eigenvalue weighted by molar-refractivity contribution is -0.186. The van der Waals surface area contributed by atoms with Gasteiger partial charge >= 0.3 is 26.7 Å². The van der Waals surface area contributed by atoms with Crippen molar-refractivity contribution in [1.82, 2.24) is 0 Å². The van der Waals surface area contributed by atoms with Gasteiger partial charge in [-0.3, -0.25) is 0 Å². The molecule has 0 bridgehead atoms. The number of carbonyl (C=O) groups excluding carboxylic acids is 3. The predicted octanol–water partition coefficient (Wildman–Crippen LogP) is 1.83. The molecule has 0 aromatic heterocycles. The Morgan fingerprint density at radius 3 is 1.12 bits per heavy atom. The maximum atomic E-state index is 11.3. The summed E-state index contributed by atoms with van der Waals surface area (Å²) in [6, 6.07) is 0. The van der Waals surface area contributed by atoms with Crippen LogP contribution in [-0.2, 0) is 41.9 Å². The van der Waals surface area contributed by atoms with E-state index in [-0.39, 0.29) is 0 Å². The summed E-state index contributed by atoms with van der Waals surface area (Å²) < 4.78 is 31.4. The van der Waals surface area contributed by atoms with E-state index in [4.69, 9.17) is 27.5 Å². The minimum absolute atomic E-state index is 0.717. The zero-order chi connectivity index (χ0) is 20.3. The molecule has 146 valence electrons. The Morgan fingerprint density at radius 2 is 0.923 bits per heavy atom. The summed E-state index contributed by atoms with van der Waals surface area (Å²) in [5, 5.41) is 0. The summed E-state index contributed by atoms with van der Waals surface area (Å²) in [6.45, 7) is 15.6. The molecule has 0 aliphatic carbocycles. The van der Waals surface area contributed by atoms with Crippen LogP contribution in [0, 0.1) is 0 Å². The molecule has 0 aliphatic rings. The van der Waals surface area contributed by atoms with Crippen LogP contribution in [0.3, 0.4) is 0 Å². The minimum atomic E-state index is -3.61. The van der Waals surface area contributed by atoms with Gasteiger partial charge in [-0.25, -0.2) is 14.4 Å². The summed E-state index contributed by atoms with van der Waals surface area (Å²) in [6.07, 6.45) is -0.318. The molecule has 0 amide bonds. The van der Waals surface area contributed by atoms with Crippen molar-refractivity contribution in [1.29, 1.82) is 0 Å². The van der Waals surface area contributed by atoms with Crippen LogP contribution in [0.1, 0.15) is 20.8 Å². The van der Waals surface area contributed by atoms with Crippen molar-refractivity contribution >= 4 is 26.7 Å². The molecule has 26 heavy (non-hydrogen) atoms. The summed E-state index contributed by atoms with van der Waals surface area (Å²) in [7, 11) is -3.61. The SMILES string of the molecule is C=CC(=O)OC(C)O[Si](C)(OC(C)OC(=O)C=C)OC(C)OC(=O)C=C. The van der Waals surface area contributed by atoms with Gasteiger partial charge in [0.15, 0.2) is 18.9 Å². The topological polar surface area (TPSA) is 107 Å². The zero-order valence-electron chi connectivity index (χ0n) is 15.3. The van der Waals surface area contributed by atoms with Crippen molar-refractivity contribution in [2.24, 2.45) is 0 Å². The van der Waals surface area contributed by atoms with E-state index in [9.17, 15) is 14.4 Å². The molecule has 10 heteroatoms. The monoisotopic (exact) mass is 388 g/mol. The van der Waals surface area contributed by atoms with Crippen LogP contribution in [-0.4, -0.2) is 45.6 Å². The molecule has 0 aromatic rings. The Morgan fingerprint density at radius 1 is 0.692 bits per heavy atom. The largest absolute Gasteiger partial charge is 0.505 e. The first-order valence-electron chi connectivity index (χ1n) is 7.57. The molecule has 0 spiro atoms. The fourth-order valence-corrected chi connectivity index (χ4v) is 3.81.